The molecule has 1 amide bonds. The van der Waals surface area contributed by atoms with Crippen LogP contribution in [0.4, 0.5) is 5.69 Å². The number of carbonyl (C=O) groups excluding carboxylic acids is 1. The van der Waals surface area contributed by atoms with Crippen LogP contribution >= 0.6 is 0 Å². The number of sulfonamides is 1. The third-order valence-electron chi connectivity index (χ3n) is 5.35. The van der Waals surface area contributed by atoms with Gasteiger partial charge in [-0.2, -0.15) is 4.31 Å². The van der Waals surface area contributed by atoms with E-state index in [1.165, 1.54) is 4.31 Å². The second-order valence-electron chi connectivity index (χ2n) is 7.26. The van der Waals surface area contributed by atoms with Crippen molar-refractivity contribution in [3.05, 3.63) is 54.1 Å². The molecule has 7 nitrogen and oxygen atoms in total. The van der Waals surface area contributed by atoms with Crippen molar-refractivity contribution in [3.8, 4) is 5.75 Å². The number of carbonyl (C=O) groups is 1. The zero-order valence-corrected chi connectivity index (χ0v) is 18.3. The number of methoxy groups -OCH3 is 1. The normalized spacial score (nSPS) is 15.7. The van der Waals surface area contributed by atoms with Crippen molar-refractivity contribution in [1.29, 1.82) is 0 Å². The quantitative estimate of drug-likeness (QED) is 0.695. The Labute approximate surface area is 178 Å². The summed E-state index contributed by atoms with van der Waals surface area (Å²) in [5.41, 5.74) is 1.64. The van der Waals surface area contributed by atoms with Gasteiger partial charge in [-0.15, -0.1) is 0 Å². The third kappa shape index (κ3) is 5.59. The molecule has 0 aliphatic carbocycles. The van der Waals surface area contributed by atoms with Crippen LogP contribution in [0.5, 0.6) is 5.75 Å². The minimum Gasteiger partial charge on any atom is -0.497 e. The molecule has 3 rings (SSSR count). The molecule has 0 radical (unpaired) electrons. The first-order valence-electron chi connectivity index (χ1n) is 10.2. The second kappa shape index (κ2) is 10.1. The number of aryl methyl sites for hydroxylation is 1. The molecule has 0 atom stereocenters. The van der Waals surface area contributed by atoms with E-state index < -0.39 is 10.0 Å². The maximum Gasteiger partial charge on any atom is 0.243 e. The van der Waals surface area contributed by atoms with Crippen LogP contribution in [0.2, 0.25) is 0 Å². The van der Waals surface area contributed by atoms with Crippen molar-refractivity contribution in [3.63, 3.8) is 0 Å². The van der Waals surface area contributed by atoms with Gasteiger partial charge in [0.1, 0.15) is 5.75 Å². The summed E-state index contributed by atoms with van der Waals surface area (Å²) in [7, 11) is -1.89. The van der Waals surface area contributed by atoms with E-state index in [2.05, 4.69) is 17.1 Å². The van der Waals surface area contributed by atoms with Crippen molar-refractivity contribution in [1.82, 2.24) is 9.21 Å². The van der Waals surface area contributed by atoms with Crippen LogP contribution in [-0.2, 0) is 21.2 Å². The highest BCUT2D eigenvalue weighted by Gasteiger charge is 2.27. The molecule has 0 bridgehead atoms. The number of hydrogen-bond donors (Lipinski definition) is 1. The average Bonchev–Trinajstić information content (AvgIpc) is 2.78. The van der Waals surface area contributed by atoms with E-state index in [-0.39, 0.29) is 10.8 Å². The molecule has 1 saturated heterocycles. The van der Waals surface area contributed by atoms with Crippen LogP contribution < -0.4 is 10.1 Å². The Bertz CT molecular complexity index is 935. The SMILES string of the molecule is CCN1CCN(S(=O)(=O)c2ccc(NC(=O)CCc3ccc(OC)cc3)cc2)CC1. The molecule has 1 aliphatic heterocycles. The van der Waals surface area contributed by atoms with Crippen molar-refractivity contribution < 1.29 is 17.9 Å². The number of ether oxygens (including phenoxy) is 1. The first-order valence-corrected chi connectivity index (χ1v) is 11.6. The lowest BCUT2D eigenvalue weighted by atomic mass is 10.1. The predicted octanol–water partition coefficient (Wildman–Crippen LogP) is 2.59. The van der Waals surface area contributed by atoms with Gasteiger partial charge in [-0.05, 0) is 54.9 Å². The van der Waals surface area contributed by atoms with E-state index in [0.29, 0.717) is 31.6 Å². The molecule has 30 heavy (non-hydrogen) atoms. The Morgan fingerprint density at radius 3 is 2.20 bits per heavy atom. The van der Waals surface area contributed by atoms with E-state index >= 15 is 0 Å². The molecular weight excluding hydrogens is 402 g/mol. The van der Waals surface area contributed by atoms with Crippen LogP contribution in [-0.4, -0.2) is 63.4 Å². The standard InChI is InChI=1S/C22H29N3O4S/c1-3-24-14-16-25(17-15-24)30(27,28)21-11-7-19(8-12-21)23-22(26)13-6-18-4-9-20(29-2)10-5-18/h4-5,7-12H,3,6,13-17H2,1-2H3,(H,23,26). The largest absolute Gasteiger partial charge is 0.497 e. The Hall–Kier alpha value is -2.42. The van der Waals surface area contributed by atoms with Crippen molar-refractivity contribution in [2.24, 2.45) is 0 Å². The molecular formula is C22H29N3O4S. The maximum atomic E-state index is 12.8. The number of piperazine rings is 1. The van der Waals surface area contributed by atoms with E-state index in [1.54, 1.807) is 31.4 Å². The van der Waals surface area contributed by atoms with Crippen LogP contribution in [0, 0.1) is 0 Å². The Kier molecular flexibility index (Phi) is 7.47. The summed E-state index contributed by atoms with van der Waals surface area (Å²) in [5.74, 6) is 0.669. The number of likely N-dealkylation sites (N-methyl/N-ethyl adjacent to an activating group) is 1. The number of amides is 1. The van der Waals surface area contributed by atoms with Crippen molar-refractivity contribution in [2.45, 2.75) is 24.7 Å². The first kappa shape index (κ1) is 22.3. The summed E-state index contributed by atoms with van der Waals surface area (Å²) in [4.78, 5) is 14.7. The average molecular weight is 432 g/mol. The van der Waals surface area contributed by atoms with Crippen molar-refractivity contribution >= 4 is 21.6 Å². The molecule has 162 valence electrons. The second-order valence-corrected chi connectivity index (χ2v) is 9.20. The lowest BCUT2D eigenvalue weighted by molar-refractivity contribution is -0.116. The highest BCUT2D eigenvalue weighted by atomic mass is 32.2. The first-order chi connectivity index (χ1) is 14.4. The summed E-state index contributed by atoms with van der Waals surface area (Å²) in [6.45, 7) is 5.51. The molecule has 1 fully saturated rings. The Balaban J connectivity index is 1.53. The minimum atomic E-state index is -3.51. The van der Waals surface area contributed by atoms with E-state index in [9.17, 15) is 13.2 Å². The number of nitrogens with one attached hydrogen (secondary N) is 1. The number of anilines is 1. The van der Waals surface area contributed by atoms with Crippen LogP contribution in [0.3, 0.4) is 0 Å². The van der Waals surface area contributed by atoms with Gasteiger partial charge >= 0.3 is 0 Å². The summed E-state index contributed by atoms with van der Waals surface area (Å²) >= 11 is 0. The fourth-order valence-corrected chi connectivity index (χ4v) is 4.84. The molecule has 0 spiro atoms. The number of benzene rings is 2. The molecule has 0 unspecified atom stereocenters. The molecule has 1 aliphatic rings. The lowest BCUT2D eigenvalue weighted by Gasteiger charge is -2.33. The summed E-state index contributed by atoms with van der Waals surface area (Å²) in [6, 6.07) is 14.0. The highest BCUT2D eigenvalue weighted by Crippen LogP contribution is 2.20. The van der Waals surface area contributed by atoms with Gasteiger partial charge in [0.15, 0.2) is 0 Å². The molecule has 0 saturated carbocycles. The third-order valence-corrected chi connectivity index (χ3v) is 7.27. The fraction of sp³-hybridized carbons (Fsp3) is 0.409. The zero-order valence-electron chi connectivity index (χ0n) is 17.5. The molecule has 2 aromatic carbocycles. The van der Waals surface area contributed by atoms with Crippen LogP contribution in [0.15, 0.2) is 53.4 Å². The van der Waals surface area contributed by atoms with Gasteiger partial charge in [0.05, 0.1) is 12.0 Å². The molecule has 2 aromatic rings. The topological polar surface area (TPSA) is 79.0 Å². The van der Waals surface area contributed by atoms with E-state index in [1.807, 2.05) is 24.3 Å². The van der Waals surface area contributed by atoms with E-state index in [4.69, 9.17) is 4.74 Å². The smallest absolute Gasteiger partial charge is 0.243 e. The Morgan fingerprint density at radius 2 is 1.63 bits per heavy atom. The van der Waals surface area contributed by atoms with Crippen LogP contribution in [0.25, 0.3) is 0 Å². The monoisotopic (exact) mass is 431 g/mol. The predicted molar refractivity (Wildman–Crippen MR) is 117 cm³/mol. The fourth-order valence-electron chi connectivity index (χ4n) is 3.42. The van der Waals surface area contributed by atoms with Crippen LogP contribution in [0.1, 0.15) is 18.9 Å². The highest BCUT2D eigenvalue weighted by molar-refractivity contribution is 7.89. The summed E-state index contributed by atoms with van der Waals surface area (Å²) < 4.78 is 32.3. The maximum absolute atomic E-state index is 12.8. The molecule has 8 heteroatoms. The van der Waals surface area contributed by atoms with E-state index in [0.717, 1.165) is 30.9 Å². The minimum absolute atomic E-state index is 0.114. The van der Waals surface area contributed by atoms with Gasteiger partial charge in [0, 0.05) is 38.3 Å². The summed E-state index contributed by atoms with van der Waals surface area (Å²) in [6.07, 6.45) is 0.958. The van der Waals surface area contributed by atoms with Crippen molar-refractivity contribution in [2.75, 3.05) is 45.2 Å². The number of hydrogen-bond acceptors (Lipinski definition) is 5. The lowest BCUT2D eigenvalue weighted by Crippen LogP contribution is -2.48. The Morgan fingerprint density at radius 1 is 1.00 bits per heavy atom. The van der Waals surface area contributed by atoms with Gasteiger partial charge in [-0.3, -0.25) is 4.79 Å². The summed E-state index contributed by atoms with van der Waals surface area (Å²) in [5, 5.41) is 2.83. The van der Waals surface area contributed by atoms with Gasteiger partial charge in [-0.1, -0.05) is 19.1 Å². The van der Waals surface area contributed by atoms with Gasteiger partial charge in [-0.25, -0.2) is 8.42 Å². The van der Waals surface area contributed by atoms with Gasteiger partial charge < -0.3 is 15.0 Å². The van der Waals surface area contributed by atoms with Gasteiger partial charge in [0.2, 0.25) is 15.9 Å². The number of rotatable bonds is 8. The molecule has 1 heterocycles. The zero-order chi connectivity index (χ0) is 21.6. The molecule has 1 N–H and O–H groups in total. The van der Waals surface area contributed by atoms with Gasteiger partial charge in [0.25, 0.3) is 0 Å². The molecule has 0 aromatic heterocycles. The number of nitrogens with zero attached hydrogens (tertiary/aromatic N) is 2.